The van der Waals surface area contributed by atoms with Gasteiger partial charge in [-0.05, 0) is 17.7 Å². The third-order valence-electron chi connectivity index (χ3n) is 2.53. The number of nitrogens with zero attached hydrogens (tertiary/aromatic N) is 1. The lowest BCUT2D eigenvalue weighted by Gasteiger charge is -2.04. The summed E-state index contributed by atoms with van der Waals surface area (Å²) in [5.74, 6) is 0.0409. The van der Waals surface area contributed by atoms with Crippen LogP contribution in [0.1, 0.15) is 29.0 Å². The highest BCUT2D eigenvalue weighted by Gasteiger charge is 2.06. The van der Waals surface area contributed by atoms with Crippen LogP contribution in [0.3, 0.4) is 0 Å². The van der Waals surface area contributed by atoms with E-state index in [2.05, 4.69) is 10.5 Å². The fourth-order valence-electron chi connectivity index (χ4n) is 1.51. The molecule has 0 aliphatic rings. The maximum absolute atomic E-state index is 11.5. The molecule has 4 heteroatoms. The molecule has 1 heterocycles. The number of hydrogen-bond acceptors (Lipinski definition) is 3. The first kappa shape index (κ1) is 12.1. The summed E-state index contributed by atoms with van der Waals surface area (Å²) in [6, 6.07) is 13.2. The summed E-state index contributed by atoms with van der Waals surface area (Å²) >= 11 is 0. The molecular weight excluding hydrogens is 228 g/mol. The minimum absolute atomic E-state index is 0.142. The molecule has 0 saturated heterocycles. The Morgan fingerprint density at radius 3 is 2.72 bits per heavy atom. The number of benzene rings is 1. The van der Waals surface area contributed by atoms with Gasteiger partial charge in [0, 0.05) is 12.1 Å². The average Bonchev–Trinajstić information content (AvgIpc) is 2.93. The van der Waals surface area contributed by atoms with Crippen molar-refractivity contribution < 1.29 is 9.21 Å². The summed E-state index contributed by atoms with van der Waals surface area (Å²) < 4.78 is 4.95. The van der Waals surface area contributed by atoms with Crippen molar-refractivity contribution in [2.45, 2.75) is 12.8 Å². The van der Waals surface area contributed by atoms with Crippen LogP contribution in [0.25, 0.3) is 0 Å². The topological polar surface area (TPSA) is 54.6 Å². The maximum atomic E-state index is 11.5. The van der Waals surface area contributed by atoms with Gasteiger partial charge in [-0.25, -0.2) is 5.43 Å². The predicted octanol–water partition coefficient (Wildman–Crippen LogP) is 2.80. The molecule has 4 nitrogen and oxygen atoms in total. The zero-order valence-electron chi connectivity index (χ0n) is 10.0. The van der Waals surface area contributed by atoms with Crippen molar-refractivity contribution in [1.82, 2.24) is 5.43 Å². The molecule has 0 spiro atoms. The molecule has 0 saturated carbocycles. The van der Waals surface area contributed by atoms with Gasteiger partial charge in [-0.15, -0.1) is 0 Å². The number of hydrazone groups is 1. The molecule has 0 aliphatic heterocycles. The van der Waals surface area contributed by atoms with Crippen molar-refractivity contribution in [3.05, 3.63) is 60.1 Å². The Morgan fingerprint density at radius 2 is 2.06 bits per heavy atom. The number of hydrogen-bond donors (Lipinski definition) is 1. The fourth-order valence-corrected chi connectivity index (χ4v) is 1.51. The molecule has 0 aliphatic carbocycles. The third kappa shape index (κ3) is 3.07. The van der Waals surface area contributed by atoms with E-state index in [4.69, 9.17) is 4.42 Å². The zero-order valence-corrected chi connectivity index (χ0v) is 10.0. The molecule has 2 rings (SSSR count). The zero-order chi connectivity index (χ0) is 12.8. The van der Waals surface area contributed by atoms with Crippen molar-refractivity contribution in [2.75, 3.05) is 0 Å². The molecule has 1 amide bonds. The van der Waals surface area contributed by atoms with Crippen LogP contribution in [0.5, 0.6) is 0 Å². The van der Waals surface area contributed by atoms with E-state index in [0.717, 1.165) is 5.56 Å². The second-order valence-electron chi connectivity index (χ2n) is 3.90. The largest absolute Gasteiger partial charge is 0.459 e. The Hall–Kier alpha value is -2.36. The Morgan fingerprint density at radius 1 is 1.28 bits per heavy atom. The predicted molar refractivity (Wildman–Crippen MR) is 69.5 cm³/mol. The quantitative estimate of drug-likeness (QED) is 0.662. The lowest BCUT2D eigenvalue weighted by Crippen LogP contribution is -2.17. The fraction of sp³-hybridized carbons (Fsp3) is 0.143. The van der Waals surface area contributed by atoms with Gasteiger partial charge in [0.2, 0.25) is 0 Å². The van der Waals surface area contributed by atoms with E-state index in [0.29, 0.717) is 0 Å². The molecule has 18 heavy (non-hydrogen) atoms. The van der Waals surface area contributed by atoms with Crippen LogP contribution in [-0.2, 0) is 0 Å². The van der Waals surface area contributed by atoms with Crippen molar-refractivity contribution in [2.24, 2.45) is 5.10 Å². The summed E-state index contributed by atoms with van der Waals surface area (Å²) in [4.78, 5) is 11.5. The van der Waals surface area contributed by atoms with Crippen LogP contribution in [0.2, 0.25) is 0 Å². The van der Waals surface area contributed by atoms with Crippen molar-refractivity contribution in [1.29, 1.82) is 0 Å². The van der Waals surface area contributed by atoms with Gasteiger partial charge in [0.25, 0.3) is 0 Å². The monoisotopic (exact) mass is 242 g/mol. The standard InChI is InChI=1S/C14H14N2O2/c1-11(12-6-3-2-4-7-12)10-15-16-14(17)13-8-5-9-18-13/h2-11H,1H3,(H,16,17)/b15-10+. The van der Waals surface area contributed by atoms with Gasteiger partial charge in [-0.2, -0.15) is 5.10 Å². The van der Waals surface area contributed by atoms with Crippen LogP contribution < -0.4 is 5.43 Å². The van der Waals surface area contributed by atoms with E-state index in [-0.39, 0.29) is 17.6 Å². The molecule has 2 aromatic rings. The van der Waals surface area contributed by atoms with E-state index >= 15 is 0 Å². The van der Waals surface area contributed by atoms with Crippen LogP contribution in [0, 0.1) is 0 Å². The first-order valence-electron chi connectivity index (χ1n) is 5.69. The lowest BCUT2D eigenvalue weighted by atomic mass is 10.0. The number of carbonyl (C=O) groups is 1. The van der Waals surface area contributed by atoms with Crippen LogP contribution in [0.15, 0.2) is 58.2 Å². The molecule has 92 valence electrons. The van der Waals surface area contributed by atoms with Crippen LogP contribution >= 0.6 is 0 Å². The number of furan rings is 1. The molecule has 1 aromatic heterocycles. The van der Waals surface area contributed by atoms with Crippen molar-refractivity contribution >= 4 is 12.1 Å². The number of carbonyl (C=O) groups excluding carboxylic acids is 1. The summed E-state index contributed by atoms with van der Waals surface area (Å²) in [6.07, 6.45) is 3.14. The van der Waals surface area contributed by atoms with E-state index in [1.54, 1.807) is 18.3 Å². The van der Waals surface area contributed by atoms with E-state index in [1.807, 2.05) is 37.3 Å². The molecule has 1 N–H and O–H groups in total. The Labute approximate surface area is 105 Å². The van der Waals surface area contributed by atoms with Gasteiger partial charge in [0.1, 0.15) is 0 Å². The smallest absolute Gasteiger partial charge is 0.307 e. The van der Waals surface area contributed by atoms with Gasteiger partial charge in [0.15, 0.2) is 5.76 Å². The minimum atomic E-state index is -0.350. The minimum Gasteiger partial charge on any atom is -0.459 e. The number of rotatable bonds is 4. The second kappa shape index (κ2) is 5.82. The lowest BCUT2D eigenvalue weighted by molar-refractivity contribution is 0.0927. The molecular formula is C14H14N2O2. The van der Waals surface area contributed by atoms with Gasteiger partial charge >= 0.3 is 5.91 Å². The second-order valence-corrected chi connectivity index (χ2v) is 3.90. The molecule has 1 aromatic carbocycles. The number of amides is 1. The van der Waals surface area contributed by atoms with E-state index < -0.39 is 0 Å². The van der Waals surface area contributed by atoms with Gasteiger partial charge in [-0.3, -0.25) is 4.79 Å². The van der Waals surface area contributed by atoms with Crippen molar-refractivity contribution in [3.8, 4) is 0 Å². The Balaban J connectivity index is 1.90. The molecule has 0 bridgehead atoms. The summed E-state index contributed by atoms with van der Waals surface area (Å²) in [5, 5.41) is 3.92. The van der Waals surface area contributed by atoms with Crippen molar-refractivity contribution in [3.63, 3.8) is 0 Å². The summed E-state index contributed by atoms with van der Waals surface area (Å²) in [5.41, 5.74) is 3.57. The van der Waals surface area contributed by atoms with E-state index in [1.165, 1.54) is 6.26 Å². The normalized spacial score (nSPS) is 12.5. The maximum Gasteiger partial charge on any atom is 0.307 e. The van der Waals surface area contributed by atoms with Gasteiger partial charge in [-0.1, -0.05) is 37.3 Å². The molecule has 1 atom stereocenters. The van der Waals surface area contributed by atoms with E-state index in [9.17, 15) is 4.79 Å². The van der Waals surface area contributed by atoms with Gasteiger partial charge in [0.05, 0.1) is 6.26 Å². The average molecular weight is 242 g/mol. The first-order valence-corrected chi connectivity index (χ1v) is 5.69. The highest BCUT2D eigenvalue weighted by atomic mass is 16.3. The van der Waals surface area contributed by atoms with Crippen LogP contribution in [-0.4, -0.2) is 12.1 Å². The van der Waals surface area contributed by atoms with Crippen LogP contribution in [0.4, 0.5) is 0 Å². The van der Waals surface area contributed by atoms with Gasteiger partial charge < -0.3 is 4.42 Å². The highest BCUT2D eigenvalue weighted by molar-refractivity contribution is 5.91. The molecule has 1 unspecified atom stereocenters. The Bertz CT molecular complexity index is 518. The summed E-state index contributed by atoms with van der Waals surface area (Å²) in [6.45, 7) is 2.01. The highest BCUT2D eigenvalue weighted by Crippen LogP contribution is 2.11. The molecule has 0 fully saturated rings. The first-order chi connectivity index (χ1) is 8.77. The SMILES string of the molecule is CC(/C=N/NC(=O)c1ccco1)c1ccccc1. The molecule has 0 radical (unpaired) electrons. The Kier molecular flexibility index (Phi) is 3.91. The third-order valence-corrected chi connectivity index (χ3v) is 2.53. The summed E-state index contributed by atoms with van der Waals surface area (Å²) in [7, 11) is 0. The number of nitrogens with one attached hydrogen (secondary N) is 1.